The van der Waals surface area contributed by atoms with Gasteiger partial charge < -0.3 is 16.0 Å². The van der Waals surface area contributed by atoms with E-state index in [-0.39, 0.29) is 11.6 Å². The summed E-state index contributed by atoms with van der Waals surface area (Å²) in [6.07, 6.45) is 0. The summed E-state index contributed by atoms with van der Waals surface area (Å²) >= 11 is 0. The van der Waals surface area contributed by atoms with E-state index >= 15 is 0 Å². The van der Waals surface area contributed by atoms with E-state index in [9.17, 15) is 18.4 Å². The number of hydrogen-bond acceptors (Lipinski definition) is 2. The van der Waals surface area contributed by atoms with Crippen LogP contribution in [0.1, 0.15) is 13.8 Å². The molecule has 0 radical (unpaired) electrons. The summed E-state index contributed by atoms with van der Waals surface area (Å²) in [5.41, 5.74) is 0.426. The quantitative estimate of drug-likeness (QED) is 0.771. The zero-order valence-corrected chi connectivity index (χ0v) is 13.8. The van der Waals surface area contributed by atoms with Crippen LogP contribution in [0.5, 0.6) is 0 Å². The predicted octanol–water partition coefficient (Wildman–Crippen LogP) is 3.75. The summed E-state index contributed by atoms with van der Waals surface area (Å²) in [4.78, 5) is 24.4. The van der Waals surface area contributed by atoms with Gasteiger partial charge in [-0.1, -0.05) is 32.0 Å². The summed E-state index contributed by atoms with van der Waals surface area (Å²) < 4.78 is 26.6. The molecule has 0 aliphatic carbocycles. The van der Waals surface area contributed by atoms with E-state index in [0.29, 0.717) is 11.8 Å². The van der Waals surface area contributed by atoms with Crippen molar-refractivity contribution < 1.29 is 18.4 Å². The van der Waals surface area contributed by atoms with Crippen molar-refractivity contribution in [2.24, 2.45) is 5.92 Å². The molecular formula is C18H19F2N3O2. The number of carbonyl (C=O) groups is 2. The second-order valence-electron chi connectivity index (χ2n) is 5.80. The molecule has 0 saturated heterocycles. The normalized spacial score (nSPS) is 11.7. The molecule has 132 valence electrons. The van der Waals surface area contributed by atoms with Crippen LogP contribution in [0, 0.1) is 17.6 Å². The van der Waals surface area contributed by atoms with Crippen LogP contribution in [0.2, 0.25) is 0 Å². The minimum absolute atomic E-state index is 0.151. The van der Waals surface area contributed by atoms with E-state index in [4.69, 9.17) is 0 Å². The number of anilines is 2. The Kier molecular flexibility index (Phi) is 6.05. The molecule has 0 aliphatic rings. The first-order valence-corrected chi connectivity index (χ1v) is 7.75. The number of rotatable bonds is 5. The van der Waals surface area contributed by atoms with Crippen molar-refractivity contribution in [2.45, 2.75) is 19.9 Å². The highest BCUT2D eigenvalue weighted by Gasteiger charge is 2.25. The number of urea groups is 1. The molecule has 2 aromatic rings. The van der Waals surface area contributed by atoms with Crippen LogP contribution in [0.25, 0.3) is 0 Å². The van der Waals surface area contributed by atoms with Crippen molar-refractivity contribution in [3.05, 3.63) is 60.2 Å². The van der Waals surface area contributed by atoms with E-state index in [1.807, 2.05) is 6.07 Å². The molecule has 5 nitrogen and oxygen atoms in total. The molecule has 0 spiro atoms. The maximum absolute atomic E-state index is 13.7. The Hall–Kier alpha value is -2.96. The summed E-state index contributed by atoms with van der Waals surface area (Å²) in [5, 5.41) is 7.53. The Morgan fingerprint density at radius 3 is 2.24 bits per heavy atom. The lowest BCUT2D eigenvalue weighted by atomic mass is 10.0. The number of para-hydroxylation sites is 1. The Morgan fingerprint density at radius 2 is 1.64 bits per heavy atom. The SMILES string of the molecule is CC(C)C(NC(=O)Nc1ccccc1)C(=O)Nc1ccc(F)cc1F. The Morgan fingerprint density at radius 1 is 0.960 bits per heavy atom. The molecule has 3 amide bonds. The predicted molar refractivity (Wildman–Crippen MR) is 92.2 cm³/mol. The van der Waals surface area contributed by atoms with Gasteiger partial charge in [-0.3, -0.25) is 4.79 Å². The number of halogens is 2. The summed E-state index contributed by atoms with van der Waals surface area (Å²) in [5.74, 6) is -2.46. The van der Waals surface area contributed by atoms with E-state index < -0.39 is 29.6 Å². The first-order valence-electron chi connectivity index (χ1n) is 7.75. The van der Waals surface area contributed by atoms with Gasteiger partial charge in [-0.2, -0.15) is 0 Å². The van der Waals surface area contributed by atoms with Gasteiger partial charge in [0.15, 0.2) is 0 Å². The largest absolute Gasteiger partial charge is 0.326 e. The van der Waals surface area contributed by atoms with Crippen LogP contribution >= 0.6 is 0 Å². The zero-order chi connectivity index (χ0) is 18.4. The highest BCUT2D eigenvalue weighted by atomic mass is 19.1. The number of carbonyl (C=O) groups excluding carboxylic acids is 2. The fraction of sp³-hybridized carbons (Fsp3) is 0.222. The second-order valence-corrected chi connectivity index (χ2v) is 5.80. The van der Waals surface area contributed by atoms with Gasteiger partial charge in [-0.15, -0.1) is 0 Å². The second kappa shape index (κ2) is 8.23. The molecule has 3 N–H and O–H groups in total. The third-order valence-corrected chi connectivity index (χ3v) is 3.46. The Balaban J connectivity index is 2.03. The van der Waals surface area contributed by atoms with Crippen LogP contribution in [-0.2, 0) is 4.79 Å². The van der Waals surface area contributed by atoms with Crippen molar-refractivity contribution in [1.82, 2.24) is 5.32 Å². The molecule has 25 heavy (non-hydrogen) atoms. The van der Waals surface area contributed by atoms with Gasteiger partial charge in [-0.05, 0) is 30.2 Å². The Labute approximate surface area is 144 Å². The minimum atomic E-state index is -0.895. The van der Waals surface area contributed by atoms with E-state index in [1.165, 1.54) is 0 Å². The van der Waals surface area contributed by atoms with Gasteiger partial charge in [0.2, 0.25) is 5.91 Å². The first-order chi connectivity index (χ1) is 11.9. The summed E-state index contributed by atoms with van der Waals surface area (Å²) in [7, 11) is 0. The van der Waals surface area contributed by atoms with Gasteiger partial charge in [0.05, 0.1) is 5.69 Å². The lowest BCUT2D eigenvalue weighted by Gasteiger charge is -2.22. The van der Waals surface area contributed by atoms with Gasteiger partial charge in [-0.25, -0.2) is 13.6 Å². The van der Waals surface area contributed by atoms with Gasteiger partial charge in [0.1, 0.15) is 17.7 Å². The lowest BCUT2D eigenvalue weighted by Crippen LogP contribution is -2.48. The summed E-state index contributed by atoms with van der Waals surface area (Å²) in [6, 6.07) is 10.1. The smallest absolute Gasteiger partial charge is 0.319 e. The third-order valence-electron chi connectivity index (χ3n) is 3.46. The fourth-order valence-corrected chi connectivity index (χ4v) is 2.17. The molecule has 0 aliphatic heterocycles. The molecule has 0 bridgehead atoms. The minimum Gasteiger partial charge on any atom is -0.326 e. The van der Waals surface area contributed by atoms with Crippen molar-refractivity contribution in [3.63, 3.8) is 0 Å². The van der Waals surface area contributed by atoms with Crippen molar-refractivity contribution in [3.8, 4) is 0 Å². The molecule has 1 atom stereocenters. The van der Waals surface area contributed by atoms with Crippen LogP contribution in [-0.4, -0.2) is 18.0 Å². The molecule has 0 saturated carbocycles. The highest BCUT2D eigenvalue weighted by molar-refractivity contribution is 5.99. The third kappa shape index (κ3) is 5.27. The van der Waals surface area contributed by atoms with Gasteiger partial charge in [0, 0.05) is 11.8 Å². The number of hydrogen-bond donors (Lipinski definition) is 3. The van der Waals surface area contributed by atoms with E-state index in [1.54, 1.807) is 38.1 Å². The maximum atomic E-state index is 13.7. The van der Waals surface area contributed by atoms with Crippen molar-refractivity contribution >= 4 is 23.3 Å². The number of nitrogens with one attached hydrogen (secondary N) is 3. The maximum Gasteiger partial charge on any atom is 0.319 e. The standard InChI is InChI=1S/C18H19F2N3O2/c1-11(2)16(23-18(25)21-13-6-4-3-5-7-13)17(24)22-15-9-8-12(19)10-14(15)20/h3-11,16H,1-2H3,(H,22,24)(H2,21,23,25). The van der Waals surface area contributed by atoms with E-state index in [0.717, 1.165) is 12.1 Å². The molecule has 0 fully saturated rings. The molecule has 0 heterocycles. The average Bonchev–Trinajstić information content (AvgIpc) is 2.55. The average molecular weight is 347 g/mol. The van der Waals surface area contributed by atoms with Crippen molar-refractivity contribution in [1.29, 1.82) is 0 Å². The van der Waals surface area contributed by atoms with Crippen LogP contribution in [0.4, 0.5) is 25.0 Å². The van der Waals surface area contributed by atoms with Crippen LogP contribution in [0.15, 0.2) is 48.5 Å². The molecule has 2 rings (SSSR count). The fourth-order valence-electron chi connectivity index (χ4n) is 2.17. The number of amides is 3. The first kappa shape index (κ1) is 18.4. The molecule has 7 heteroatoms. The lowest BCUT2D eigenvalue weighted by molar-refractivity contribution is -0.118. The highest BCUT2D eigenvalue weighted by Crippen LogP contribution is 2.16. The molecule has 1 unspecified atom stereocenters. The van der Waals surface area contributed by atoms with Gasteiger partial charge in [0.25, 0.3) is 0 Å². The summed E-state index contributed by atoms with van der Waals surface area (Å²) in [6.45, 7) is 3.49. The topological polar surface area (TPSA) is 70.2 Å². The van der Waals surface area contributed by atoms with Crippen LogP contribution in [0.3, 0.4) is 0 Å². The molecule has 0 aromatic heterocycles. The number of benzene rings is 2. The molecular weight excluding hydrogens is 328 g/mol. The Bertz CT molecular complexity index is 751. The monoisotopic (exact) mass is 347 g/mol. The zero-order valence-electron chi connectivity index (χ0n) is 13.8. The van der Waals surface area contributed by atoms with E-state index in [2.05, 4.69) is 16.0 Å². The van der Waals surface area contributed by atoms with Crippen molar-refractivity contribution in [2.75, 3.05) is 10.6 Å². The van der Waals surface area contributed by atoms with Crippen LogP contribution < -0.4 is 16.0 Å². The van der Waals surface area contributed by atoms with Gasteiger partial charge >= 0.3 is 6.03 Å². The molecule has 2 aromatic carbocycles.